The van der Waals surface area contributed by atoms with E-state index in [1.54, 1.807) is 23.1 Å². The minimum atomic E-state index is -0.483. The number of halogens is 1. The van der Waals surface area contributed by atoms with Crippen LogP contribution in [0.5, 0.6) is 0 Å². The third kappa shape index (κ3) is 4.45. The summed E-state index contributed by atoms with van der Waals surface area (Å²) < 4.78 is 16.2. The molecule has 0 aliphatic heterocycles. The van der Waals surface area contributed by atoms with Crippen molar-refractivity contribution in [2.45, 2.75) is 39.9 Å². The number of aromatic nitrogens is 1. The Morgan fingerprint density at radius 1 is 1.04 bits per heavy atom. The summed E-state index contributed by atoms with van der Waals surface area (Å²) in [6.45, 7) is 7.14. The Morgan fingerprint density at radius 2 is 1.74 bits per heavy atom. The van der Waals surface area contributed by atoms with Gasteiger partial charge in [0.2, 0.25) is 0 Å². The maximum atomic E-state index is 14.1. The summed E-state index contributed by atoms with van der Waals surface area (Å²) in [6.07, 6.45) is 2.02. The summed E-state index contributed by atoms with van der Waals surface area (Å²) in [5, 5.41) is 0. The first-order valence-electron chi connectivity index (χ1n) is 9.21. The Morgan fingerprint density at radius 3 is 2.41 bits per heavy atom. The molecule has 4 heteroatoms. The minimum Gasteiger partial charge on any atom is -0.345 e. The highest BCUT2D eigenvalue weighted by Gasteiger charge is 2.22. The number of nitrogens with zero attached hydrogens (tertiary/aromatic N) is 2. The maximum Gasteiger partial charge on any atom is 0.257 e. The minimum absolute atomic E-state index is 0.0418. The van der Waals surface area contributed by atoms with Crippen molar-refractivity contribution in [3.05, 3.63) is 95.1 Å². The lowest BCUT2D eigenvalue weighted by Gasteiger charge is -2.27. The van der Waals surface area contributed by atoms with E-state index in [9.17, 15) is 9.18 Å². The first-order valence-corrected chi connectivity index (χ1v) is 9.21. The SMILES string of the molecule is Cc1ccc(Cn2cccc2CN(C(=O)c2ccccc2F)C(C)C)cc1. The lowest BCUT2D eigenvalue weighted by molar-refractivity contribution is 0.0681. The van der Waals surface area contributed by atoms with E-state index in [0.717, 1.165) is 12.2 Å². The van der Waals surface area contributed by atoms with Crippen molar-refractivity contribution in [2.75, 3.05) is 0 Å². The predicted molar refractivity (Wildman–Crippen MR) is 106 cm³/mol. The zero-order valence-electron chi connectivity index (χ0n) is 16.0. The summed E-state index contributed by atoms with van der Waals surface area (Å²) in [5.41, 5.74) is 3.57. The number of amides is 1. The molecule has 0 N–H and O–H groups in total. The molecular formula is C23H25FN2O. The second-order valence-electron chi connectivity index (χ2n) is 7.12. The molecule has 0 unspecified atom stereocenters. The van der Waals surface area contributed by atoms with Crippen molar-refractivity contribution in [3.63, 3.8) is 0 Å². The molecule has 3 nitrogen and oxygen atoms in total. The number of aryl methyl sites for hydroxylation is 1. The van der Waals surface area contributed by atoms with Gasteiger partial charge in [0, 0.05) is 24.5 Å². The molecule has 140 valence electrons. The second-order valence-corrected chi connectivity index (χ2v) is 7.12. The second kappa shape index (κ2) is 8.21. The molecule has 0 bridgehead atoms. The molecule has 3 rings (SSSR count). The molecule has 2 aromatic carbocycles. The zero-order chi connectivity index (χ0) is 19.4. The predicted octanol–water partition coefficient (Wildman–Crippen LogP) is 5.03. The number of carbonyl (C=O) groups excluding carboxylic acids is 1. The molecule has 0 spiro atoms. The van der Waals surface area contributed by atoms with Crippen molar-refractivity contribution < 1.29 is 9.18 Å². The Kier molecular flexibility index (Phi) is 5.75. The van der Waals surface area contributed by atoms with E-state index in [-0.39, 0.29) is 17.5 Å². The van der Waals surface area contributed by atoms with Crippen LogP contribution >= 0.6 is 0 Å². The van der Waals surface area contributed by atoms with Gasteiger partial charge in [0.1, 0.15) is 5.82 Å². The zero-order valence-corrected chi connectivity index (χ0v) is 16.0. The van der Waals surface area contributed by atoms with Crippen LogP contribution in [0.4, 0.5) is 4.39 Å². The number of hydrogen-bond acceptors (Lipinski definition) is 1. The Balaban J connectivity index is 1.82. The van der Waals surface area contributed by atoms with Crippen LogP contribution in [-0.2, 0) is 13.1 Å². The third-order valence-electron chi connectivity index (χ3n) is 4.72. The van der Waals surface area contributed by atoms with Crippen LogP contribution in [0.15, 0.2) is 66.9 Å². The summed E-state index contributed by atoms with van der Waals surface area (Å²) in [7, 11) is 0. The molecule has 1 aromatic heterocycles. The molecule has 0 saturated heterocycles. The number of benzene rings is 2. The van der Waals surface area contributed by atoms with Gasteiger partial charge in [-0.25, -0.2) is 4.39 Å². The van der Waals surface area contributed by atoms with Gasteiger partial charge in [-0.05, 0) is 50.6 Å². The lowest BCUT2D eigenvalue weighted by Crippen LogP contribution is -2.37. The third-order valence-corrected chi connectivity index (χ3v) is 4.72. The van der Waals surface area contributed by atoms with Gasteiger partial charge in [-0.1, -0.05) is 42.0 Å². The highest BCUT2D eigenvalue weighted by Crippen LogP contribution is 2.17. The number of rotatable bonds is 6. The summed E-state index contributed by atoms with van der Waals surface area (Å²) in [6, 6.07) is 18.5. The molecule has 27 heavy (non-hydrogen) atoms. The quantitative estimate of drug-likeness (QED) is 0.602. The summed E-state index contributed by atoms with van der Waals surface area (Å²) in [5.74, 6) is -0.769. The fraction of sp³-hybridized carbons (Fsp3) is 0.261. The first-order chi connectivity index (χ1) is 13.0. The first kappa shape index (κ1) is 18.9. The molecular weight excluding hydrogens is 339 g/mol. The fourth-order valence-electron chi connectivity index (χ4n) is 3.09. The molecule has 0 aliphatic rings. The monoisotopic (exact) mass is 364 g/mol. The smallest absolute Gasteiger partial charge is 0.257 e. The van der Waals surface area contributed by atoms with Crippen molar-refractivity contribution in [3.8, 4) is 0 Å². The van der Waals surface area contributed by atoms with Gasteiger partial charge >= 0.3 is 0 Å². The van der Waals surface area contributed by atoms with E-state index >= 15 is 0 Å². The summed E-state index contributed by atoms with van der Waals surface area (Å²) >= 11 is 0. The van der Waals surface area contributed by atoms with Crippen LogP contribution in [0.2, 0.25) is 0 Å². The molecule has 1 amide bonds. The van der Waals surface area contributed by atoms with Gasteiger partial charge in [0.25, 0.3) is 5.91 Å². The van der Waals surface area contributed by atoms with Crippen LogP contribution in [0.3, 0.4) is 0 Å². The average Bonchev–Trinajstić information content (AvgIpc) is 3.08. The van der Waals surface area contributed by atoms with Gasteiger partial charge in [-0.15, -0.1) is 0 Å². The Hall–Kier alpha value is -2.88. The highest BCUT2D eigenvalue weighted by atomic mass is 19.1. The molecule has 1 heterocycles. The largest absolute Gasteiger partial charge is 0.345 e. The molecule has 3 aromatic rings. The molecule has 0 aliphatic carbocycles. The fourth-order valence-corrected chi connectivity index (χ4v) is 3.09. The average molecular weight is 364 g/mol. The van der Waals surface area contributed by atoms with Gasteiger partial charge in [-0.2, -0.15) is 0 Å². The van der Waals surface area contributed by atoms with Gasteiger partial charge in [-0.3, -0.25) is 4.79 Å². The van der Waals surface area contributed by atoms with Crippen molar-refractivity contribution in [2.24, 2.45) is 0 Å². The van der Waals surface area contributed by atoms with Crippen molar-refractivity contribution in [1.29, 1.82) is 0 Å². The topological polar surface area (TPSA) is 25.2 Å². The van der Waals surface area contributed by atoms with Crippen molar-refractivity contribution >= 4 is 5.91 Å². The standard InChI is InChI=1S/C23H25FN2O/c1-17(2)26(23(27)21-8-4-5-9-22(21)24)16-20-7-6-14-25(20)15-19-12-10-18(3)11-13-19/h4-14,17H,15-16H2,1-3H3. The van der Waals surface area contributed by atoms with E-state index in [1.165, 1.54) is 17.2 Å². The van der Waals surface area contributed by atoms with E-state index in [1.807, 2.05) is 32.2 Å². The van der Waals surface area contributed by atoms with Gasteiger partial charge in [0.15, 0.2) is 0 Å². The normalized spacial score (nSPS) is 11.0. The number of carbonyl (C=O) groups is 1. The lowest BCUT2D eigenvalue weighted by atomic mass is 10.1. The maximum absolute atomic E-state index is 14.1. The summed E-state index contributed by atoms with van der Waals surface area (Å²) in [4.78, 5) is 14.6. The van der Waals surface area contributed by atoms with Crippen LogP contribution in [0.1, 0.15) is 41.0 Å². The molecule has 0 radical (unpaired) electrons. The van der Waals surface area contributed by atoms with Gasteiger partial charge < -0.3 is 9.47 Å². The van der Waals surface area contributed by atoms with Crippen LogP contribution in [-0.4, -0.2) is 21.4 Å². The van der Waals surface area contributed by atoms with Crippen LogP contribution in [0.25, 0.3) is 0 Å². The Labute approximate surface area is 160 Å². The van der Waals surface area contributed by atoms with Gasteiger partial charge in [0.05, 0.1) is 12.1 Å². The molecule has 0 fully saturated rings. The van der Waals surface area contributed by atoms with Crippen LogP contribution < -0.4 is 0 Å². The van der Waals surface area contributed by atoms with Crippen molar-refractivity contribution in [1.82, 2.24) is 9.47 Å². The van der Waals surface area contributed by atoms with E-state index < -0.39 is 5.82 Å². The Bertz CT molecular complexity index is 912. The molecule has 0 saturated carbocycles. The van der Waals surface area contributed by atoms with E-state index in [4.69, 9.17) is 0 Å². The number of hydrogen-bond donors (Lipinski definition) is 0. The van der Waals surface area contributed by atoms with E-state index in [2.05, 4.69) is 35.8 Å². The van der Waals surface area contributed by atoms with Crippen LogP contribution in [0, 0.1) is 12.7 Å². The highest BCUT2D eigenvalue weighted by molar-refractivity contribution is 5.94. The van der Waals surface area contributed by atoms with E-state index in [0.29, 0.717) is 6.54 Å². The molecule has 0 atom stereocenters.